The van der Waals surface area contributed by atoms with E-state index < -0.39 is 5.60 Å². The number of nitrogens with zero attached hydrogens (tertiary/aromatic N) is 6. The van der Waals surface area contributed by atoms with E-state index in [1.54, 1.807) is 24.3 Å². The number of aromatic nitrogens is 3. The van der Waals surface area contributed by atoms with Gasteiger partial charge in [-0.1, -0.05) is 11.6 Å². The van der Waals surface area contributed by atoms with Crippen LogP contribution in [0, 0.1) is 5.92 Å². The molecule has 2 fully saturated rings. The molecule has 1 amide bonds. The number of hydrogen-bond donors (Lipinski definition) is 0. The summed E-state index contributed by atoms with van der Waals surface area (Å²) in [6.45, 7) is 9.44. The van der Waals surface area contributed by atoms with Gasteiger partial charge in [0.25, 0.3) is 0 Å². The highest BCUT2D eigenvalue weighted by atomic mass is 35.5. The number of amides is 1. The summed E-state index contributed by atoms with van der Waals surface area (Å²) >= 11 is 6.30. The molecule has 218 valence electrons. The van der Waals surface area contributed by atoms with Crippen molar-refractivity contribution in [2.24, 2.45) is 5.92 Å². The predicted molar refractivity (Wildman–Crippen MR) is 151 cm³/mol. The minimum absolute atomic E-state index is 0.0158. The average molecular weight is 575 g/mol. The monoisotopic (exact) mass is 574 g/mol. The average Bonchev–Trinajstić information content (AvgIpc) is 3.39. The third-order valence-corrected chi connectivity index (χ3v) is 7.33. The molecule has 11 nitrogen and oxygen atoms in total. The fraction of sp³-hybridized carbons (Fsp3) is 0.607. The van der Waals surface area contributed by atoms with Crippen molar-refractivity contribution in [3.05, 3.63) is 35.2 Å². The summed E-state index contributed by atoms with van der Waals surface area (Å²) in [5.74, 6) is 1.62. The van der Waals surface area contributed by atoms with Gasteiger partial charge in [-0.25, -0.2) is 19.7 Å². The van der Waals surface area contributed by atoms with Crippen LogP contribution in [0.5, 0.6) is 11.6 Å². The highest BCUT2D eigenvalue weighted by molar-refractivity contribution is 6.29. The molecule has 0 spiro atoms. The molecule has 40 heavy (non-hydrogen) atoms. The summed E-state index contributed by atoms with van der Waals surface area (Å²) in [5, 5.41) is 0.350. The lowest BCUT2D eigenvalue weighted by molar-refractivity contribution is -0.142. The topological polar surface area (TPSA) is 110 Å². The van der Waals surface area contributed by atoms with E-state index in [9.17, 15) is 9.59 Å². The van der Waals surface area contributed by atoms with Crippen molar-refractivity contribution in [3.8, 4) is 11.6 Å². The standard InChI is InChI=1S/C28H39ClN6O5/c1-28(2,3)40-27(37)33(4)21-8-11-35(18-21)26-30-15-22(16-31-26)39-24-13-20(12-23(29)32-24)17-34-9-6-19(7-10-34)14-25(36)38-5/h12-13,15-16,19,21H,6-11,14,17-18H2,1-5H3. The van der Waals surface area contributed by atoms with Crippen LogP contribution in [0.15, 0.2) is 24.5 Å². The van der Waals surface area contributed by atoms with Crippen molar-refractivity contribution in [1.82, 2.24) is 24.8 Å². The molecule has 0 aromatic carbocycles. The molecule has 1 unspecified atom stereocenters. The Bertz CT molecular complexity index is 1170. The predicted octanol–water partition coefficient (Wildman–Crippen LogP) is 4.54. The lowest BCUT2D eigenvalue weighted by atomic mass is 9.93. The van der Waals surface area contributed by atoms with Crippen molar-refractivity contribution >= 4 is 29.6 Å². The van der Waals surface area contributed by atoms with E-state index in [2.05, 4.69) is 19.9 Å². The Hall–Kier alpha value is -3.18. The van der Waals surface area contributed by atoms with Crippen LogP contribution < -0.4 is 9.64 Å². The number of hydrogen-bond acceptors (Lipinski definition) is 10. The molecule has 2 saturated heterocycles. The summed E-state index contributed by atoms with van der Waals surface area (Å²) in [6, 6.07) is 3.73. The third-order valence-electron chi connectivity index (χ3n) is 7.14. The van der Waals surface area contributed by atoms with Gasteiger partial charge in [-0.05, 0) is 70.7 Å². The van der Waals surface area contributed by atoms with Gasteiger partial charge in [0.1, 0.15) is 10.8 Å². The van der Waals surface area contributed by atoms with E-state index in [1.165, 1.54) is 7.11 Å². The van der Waals surface area contributed by atoms with Crippen molar-refractivity contribution < 1.29 is 23.8 Å². The molecular formula is C28H39ClN6O5. The van der Waals surface area contributed by atoms with E-state index in [4.69, 9.17) is 25.8 Å². The highest BCUT2D eigenvalue weighted by Crippen LogP contribution is 2.27. The molecule has 2 aliphatic heterocycles. The first-order valence-electron chi connectivity index (χ1n) is 13.7. The molecule has 2 aromatic rings. The quantitative estimate of drug-likeness (QED) is 0.329. The van der Waals surface area contributed by atoms with Gasteiger partial charge in [0.15, 0.2) is 5.75 Å². The Labute approximate surface area is 240 Å². The van der Waals surface area contributed by atoms with Crippen molar-refractivity contribution in [1.29, 1.82) is 0 Å². The fourth-order valence-electron chi connectivity index (χ4n) is 4.96. The molecule has 0 saturated carbocycles. The normalized spacial score (nSPS) is 18.4. The second kappa shape index (κ2) is 13.0. The maximum atomic E-state index is 12.4. The van der Waals surface area contributed by atoms with Crippen LogP contribution in [0.2, 0.25) is 5.15 Å². The number of esters is 1. The van der Waals surface area contributed by atoms with Gasteiger partial charge in [0, 0.05) is 39.2 Å². The molecule has 4 heterocycles. The molecule has 0 bridgehead atoms. The van der Waals surface area contributed by atoms with E-state index in [0.29, 0.717) is 48.2 Å². The maximum Gasteiger partial charge on any atom is 0.410 e. The maximum absolute atomic E-state index is 12.4. The number of anilines is 1. The lowest BCUT2D eigenvalue weighted by Gasteiger charge is -2.31. The zero-order chi connectivity index (χ0) is 28.9. The number of ether oxygens (including phenoxy) is 3. The molecule has 4 rings (SSSR count). The molecule has 0 N–H and O–H groups in total. The number of pyridine rings is 1. The van der Waals surface area contributed by atoms with Crippen molar-refractivity contribution in [2.75, 3.05) is 45.2 Å². The van der Waals surface area contributed by atoms with Gasteiger partial charge in [-0.2, -0.15) is 0 Å². The Morgan fingerprint density at radius 2 is 1.80 bits per heavy atom. The van der Waals surface area contributed by atoms with Gasteiger partial charge >= 0.3 is 12.1 Å². The molecule has 2 aromatic heterocycles. The number of piperidine rings is 1. The largest absolute Gasteiger partial charge is 0.469 e. The molecule has 1 atom stereocenters. The summed E-state index contributed by atoms with van der Waals surface area (Å²) in [6.07, 6.45) is 6.08. The van der Waals surface area contributed by atoms with Crippen molar-refractivity contribution in [3.63, 3.8) is 0 Å². The number of rotatable bonds is 8. The van der Waals surface area contributed by atoms with E-state index in [-0.39, 0.29) is 18.1 Å². The fourth-order valence-corrected chi connectivity index (χ4v) is 5.18. The van der Waals surface area contributed by atoms with Crippen molar-refractivity contribution in [2.45, 2.75) is 64.6 Å². The van der Waals surface area contributed by atoms with E-state index >= 15 is 0 Å². The van der Waals surface area contributed by atoms with E-state index in [1.807, 2.05) is 37.8 Å². The molecular weight excluding hydrogens is 536 g/mol. The number of likely N-dealkylation sites (tertiary alicyclic amines) is 1. The Kier molecular flexibility index (Phi) is 9.68. The van der Waals surface area contributed by atoms with Crippen LogP contribution in [0.4, 0.5) is 10.7 Å². The Balaban J connectivity index is 1.30. The highest BCUT2D eigenvalue weighted by Gasteiger charge is 2.32. The molecule has 12 heteroatoms. The number of likely N-dealkylation sites (N-methyl/N-ethyl adjacent to an activating group) is 1. The van der Waals surface area contributed by atoms with Crippen LogP contribution >= 0.6 is 11.6 Å². The minimum atomic E-state index is -0.537. The first kappa shape index (κ1) is 29.8. The summed E-state index contributed by atoms with van der Waals surface area (Å²) < 4.78 is 16.2. The molecule has 0 aliphatic carbocycles. The lowest BCUT2D eigenvalue weighted by Crippen LogP contribution is -2.42. The summed E-state index contributed by atoms with van der Waals surface area (Å²) in [7, 11) is 3.20. The molecule has 0 radical (unpaired) electrons. The SMILES string of the molecule is COC(=O)CC1CCN(Cc2cc(Cl)nc(Oc3cnc(N4CCC(N(C)C(=O)OC(C)(C)C)C4)nc3)c2)CC1. The zero-order valence-corrected chi connectivity index (χ0v) is 24.7. The first-order chi connectivity index (χ1) is 19.0. The van der Waals surface area contributed by atoms with Crippen LogP contribution in [-0.4, -0.2) is 88.8 Å². The van der Waals surface area contributed by atoms with Gasteiger partial charge in [0.05, 0.1) is 25.5 Å². The summed E-state index contributed by atoms with van der Waals surface area (Å²) in [4.78, 5) is 43.3. The number of carbonyl (C=O) groups is 2. The smallest absolute Gasteiger partial charge is 0.410 e. The first-order valence-corrected chi connectivity index (χ1v) is 14.0. The van der Waals surface area contributed by atoms with Gasteiger partial charge in [-0.15, -0.1) is 0 Å². The minimum Gasteiger partial charge on any atom is -0.469 e. The van der Waals surface area contributed by atoms with Gasteiger partial charge in [0.2, 0.25) is 11.8 Å². The number of carbonyl (C=O) groups excluding carboxylic acids is 2. The third kappa shape index (κ3) is 8.41. The number of methoxy groups -OCH3 is 1. The Morgan fingerprint density at radius 3 is 2.45 bits per heavy atom. The second-order valence-electron chi connectivity index (χ2n) is 11.4. The second-order valence-corrected chi connectivity index (χ2v) is 11.8. The summed E-state index contributed by atoms with van der Waals surface area (Å²) in [5.41, 5.74) is 0.460. The van der Waals surface area contributed by atoms with Crippen LogP contribution in [0.25, 0.3) is 0 Å². The van der Waals surface area contributed by atoms with Crippen LogP contribution in [0.3, 0.4) is 0 Å². The Morgan fingerprint density at radius 1 is 1.10 bits per heavy atom. The van der Waals surface area contributed by atoms with E-state index in [0.717, 1.165) is 44.5 Å². The van der Waals surface area contributed by atoms with Gasteiger partial charge in [-0.3, -0.25) is 9.69 Å². The zero-order valence-electron chi connectivity index (χ0n) is 23.9. The number of halogens is 1. The van der Waals surface area contributed by atoms with Crippen LogP contribution in [0.1, 0.15) is 52.0 Å². The van der Waals surface area contributed by atoms with Crippen LogP contribution in [-0.2, 0) is 20.8 Å². The molecule has 2 aliphatic rings. The van der Waals surface area contributed by atoms with Gasteiger partial charge < -0.3 is 24.0 Å².